The smallest absolute Gasteiger partial charge is 0.160 e. The highest BCUT2D eigenvalue weighted by Gasteiger charge is 2.03. The van der Waals surface area contributed by atoms with Crippen LogP contribution in [0.1, 0.15) is 10.4 Å². The predicted octanol–water partition coefficient (Wildman–Crippen LogP) is 3.51. The largest absolute Gasteiger partial charge is 0.504 e. The van der Waals surface area contributed by atoms with Gasteiger partial charge in [-0.1, -0.05) is 6.07 Å². The molecule has 0 amide bonds. The van der Waals surface area contributed by atoms with Gasteiger partial charge < -0.3 is 15.2 Å². The normalized spacial score (nSPS) is 10.6. The number of phenolic OH excluding ortho intramolecular Hbond substituents is 1. The van der Waals surface area contributed by atoms with Gasteiger partial charge in [0.05, 0.1) is 7.11 Å². The zero-order valence-corrected chi connectivity index (χ0v) is 12.3. The predicted molar refractivity (Wildman–Crippen MR) is 77.2 cm³/mol. The molecule has 0 aliphatic rings. The second-order valence-corrected chi connectivity index (χ2v) is 5.75. The molecular weight excluding hydrogens is 314 g/mol. The van der Waals surface area contributed by atoms with E-state index in [1.165, 1.54) is 4.88 Å². The Kier molecular flexibility index (Phi) is 4.63. The Labute approximate surface area is 119 Å². The van der Waals surface area contributed by atoms with Crippen molar-refractivity contribution in [3.8, 4) is 11.5 Å². The Hall–Kier alpha value is -1.04. The summed E-state index contributed by atoms with van der Waals surface area (Å²) in [4.78, 5) is 1.28. The molecule has 0 aliphatic carbocycles. The maximum Gasteiger partial charge on any atom is 0.160 e. The van der Waals surface area contributed by atoms with Gasteiger partial charge in [0.2, 0.25) is 0 Å². The van der Waals surface area contributed by atoms with E-state index in [0.717, 1.165) is 23.1 Å². The summed E-state index contributed by atoms with van der Waals surface area (Å²) in [6.45, 7) is 1.58. The molecule has 0 atom stereocenters. The Bertz CT molecular complexity index is 527. The van der Waals surface area contributed by atoms with Crippen molar-refractivity contribution in [2.24, 2.45) is 0 Å². The summed E-state index contributed by atoms with van der Waals surface area (Å²) in [6, 6.07) is 7.48. The van der Waals surface area contributed by atoms with Crippen molar-refractivity contribution in [1.29, 1.82) is 0 Å². The minimum absolute atomic E-state index is 0.170. The SMILES string of the molecule is COc1cc(CNCc2cc(Br)cs2)ccc1O. The topological polar surface area (TPSA) is 41.5 Å². The molecule has 2 N–H and O–H groups in total. The molecule has 1 heterocycles. The van der Waals surface area contributed by atoms with E-state index in [-0.39, 0.29) is 5.75 Å². The third kappa shape index (κ3) is 3.48. The van der Waals surface area contributed by atoms with Crippen LogP contribution in [0.2, 0.25) is 0 Å². The van der Waals surface area contributed by atoms with E-state index < -0.39 is 0 Å². The number of methoxy groups -OCH3 is 1. The van der Waals surface area contributed by atoms with Gasteiger partial charge >= 0.3 is 0 Å². The molecule has 0 fully saturated rings. The van der Waals surface area contributed by atoms with Crippen LogP contribution in [0.4, 0.5) is 0 Å². The molecule has 2 aromatic rings. The first-order valence-electron chi connectivity index (χ1n) is 5.48. The van der Waals surface area contributed by atoms with Crippen LogP contribution in [0.3, 0.4) is 0 Å². The van der Waals surface area contributed by atoms with Gasteiger partial charge in [0.15, 0.2) is 11.5 Å². The number of aromatic hydroxyl groups is 1. The minimum Gasteiger partial charge on any atom is -0.504 e. The van der Waals surface area contributed by atoms with Gasteiger partial charge in [-0.3, -0.25) is 0 Å². The van der Waals surface area contributed by atoms with Crippen LogP contribution in [-0.4, -0.2) is 12.2 Å². The Balaban J connectivity index is 1.90. The van der Waals surface area contributed by atoms with E-state index in [9.17, 15) is 5.11 Å². The maximum atomic E-state index is 9.49. The van der Waals surface area contributed by atoms with Gasteiger partial charge in [0.25, 0.3) is 0 Å². The monoisotopic (exact) mass is 327 g/mol. The van der Waals surface area contributed by atoms with Gasteiger partial charge in [-0.2, -0.15) is 0 Å². The van der Waals surface area contributed by atoms with Gasteiger partial charge in [-0.05, 0) is 39.7 Å². The Morgan fingerprint density at radius 3 is 2.83 bits per heavy atom. The number of benzene rings is 1. The second-order valence-electron chi connectivity index (χ2n) is 3.84. The van der Waals surface area contributed by atoms with Crippen molar-refractivity contribution in [1.82, 2.24) is 5.32 Å². The lowest BCUT2D eigenvalue weighted by atomic mass is 10.2. The molecule has 0 unspecified atom stereocenters. The van der Waals surface area contributed by atoms with Gasteiger partial charge in [0.1, 0.15) is 0 Å². The van der Waals surface area contributed by atoms with Gasteiger partial charge in [0, 0.05) is 27.8 Å². The van der Waals surface area contributed by atoms with Crippen molar-refractivity contribution < 1.29 is 9.84 Å². The molecule has 1 aromatic carbocycles. The number of nitrogens with one attached hydrogen (secondary N) is 1. The highest BCUT2D eigenvalue weighted by Crippen LogP contribution is 2.26. The molecule has 0 saturated heterocycles. The molecule has 5 heteroatoms. The summed E-state index contributed by atoms with van der Waals surface area (Å²) >= 11 is 5.15. The van der Waals surface area contributed by atoms with Crippen LogP contribution >= 0.6 is 27.3 Å². The lowest BCUT2D eigenvalue weighted by Gasteiger charge is -2.07. The summed E-state index contributed by atoms with van der Waals surface area (Å²) in [6.07, 6.45) is 0. The summed E-state index contributed by atoms with van der Waals surface area (Å²) in [7, 11) is 1.55. The number of hydrogen-bond acceptors (Lipinski definition) is 4. The number of rotatable bonds is 5. The summed E-state index contributed by atoms with van der Waals surface area (Å²) in [5.41, 5.74) is 1.08. The van der Waals surface area contributed by atoms with Crippen molar-refractivity contribution >= 4 is 27.3 Å². The van der Waals surface area contributed by atoms with Crippen LogP contribution in [-0.2, 0) is 13.1 Å². The van der Waals surface area contributed by atoms with E-state index in [2.05, 4.69) is 32.7 Å². The maximum absolute atomic E-state index is 9.49. The van der Waals surface area contributed by atoms with E-state index >= 15 is 0 Å². The van der Waals surface area contributed by atoms with Crippen molar-refractivity contribution in [2.45, 2.75) is 13.1 Å². The number of phenols is 1. The average molecular weight is 328 g/mol. The van der Waals surface area contributed by atoms with Crippen LogP contribution in [0.25, 0.3) is 0 Å². The van der Waals surface area contributed by atoms with Crippen molar-refractivity contribution in [3.05, 3.63) is 44.6 Å². The number of halogens is 1. The lowest BCUT2D eigenvalue weighted by Crippen LogP contribution is -2.11. The van der Waals surface area contributed by atoms with Crippen LogP contribution < -0.4 is 10.1 Å². The molecule has 0 spiro atoms. The average Bonchev–Trinajstić information content (AvgIpc) is 2.77. The fraction of sp³-hybridized carbons (Fsp3) is 0.231. The molecule has 1 aromatic heterocycles. The molecule has 3 nitrogen and oxygen atoms in total. The van der Waals surface area contributed by atoms with Crippen molar-refractivity contribution in [3.63, 3.8) is 0 Å². The zero-order chi connectivity index (χ0) is 13.0. The first-order valence-corrected chi connectivity index (χ1v) is 7.16. The second kappa shape index (κ2) is 6.22. The van der Waals surface area contributed by atoms with E-state index in [1.54, 1.807) is 24.5 Å². The molecule has 0 saturated carbocycles. The molecule has 0 radical (unpaired) electrons. The van der Waals surface area contributed by atoms with Gasteiger partial charge in [-0.25, -0.2) is 0 Å². The minimum atomic E-state index is 0.170. The summed E-state index contributed by atoms with van der Waals surface area (Å²) in [5.74, 6) is 0.677. The number of ether oxygens (including phenoxy) is 1. The standard InChI is InChI=1S/C13H14BrNO2S/c1-17-13-4-9(2-3-12(13)16)6-15-7-11-5-10(14)8-18-11/h2-5,8,15-16H,6-7H2,1H3. The Morgan fingerprint density at radius 2 is 2.17 bits per heavy atom. The van der Waals surface area contributed by atoms with Crippen LogP contribution in [0.5, 0.6) is 11.5 Å². The van der Waals surface area contributed by atoms with E-state index in [1.807, 2.05) is 12.1 Å². The summed E-state index contributed by atoms with van der Waals surface area (Å²) < 4.78 is 6.19. The Morgan fingerprint density at radius 1 is 1.33 bits per heavy atom. The third-order valence-corrected chi connectivity index (χ3v) is 4.19. The lowest BCUT2D eigenvalue weighted by molar-refractivity contribution is 0.373. The molecule has 0 bridgehead atoms. The fourth-order valence-corrected chi connectivity index (χ4v) is 3.03. The molecule has 18 heavy (non-hydrogen) atoms. The first-order chi connectivity index (χ1) is 8.69. The molecule has 96 valence electrons. The first kappa shape index (κ1) is 13.4. The zero-order valence-electron chi connectivity index (χ0n) is 9.94. The highest BCUT2D eigenvalue weighted by atomic mass is 79.9. The number of hydrogen-bond donors (Lipinski definition) is 2. The third-order valence-electron chi connectivity index (χ3n) is 2.49. The molecule has 0 aliphatic heterocycles. The summed E-state index contributed by atoms with van der Waals surface area (Å²) in [5, 5.41) is 14.9. The van der Waals surface area contributed by atoms with E-state index in [4.69, 9.17) is 4.74 Å². The van der Waals surface area contributed by atoms with E-state index in [0.29, 0.717) is 5.75 Å². The highest BCUT2D eigenvalue weighted by molar-refractivity contribution is 9.10. The van der Waals surface area contributed by atoms with Crippen LogP contribution in [0.15, 0.2) is 34.1 Å². The molecule has 2 rings (SSSR count). The molecular formula is C13H14BrNO2S. The fourth-order valence-electron chi connectivity index (χ4n) is 1.61. The van der Waals surface area contributed by atoms with Crippen molar-refractivity contribution in [2.75, 3.05) is 7.11 Å². The van der Waals surface area contributed by atoms with Gasteiger partial charge in [-0.15, -0.1) is 11.3 Å². The number of thiophene rings is 1. The quantitative estimate of drug-likeness (QED) is 0.882. The van der Waals surface area contributed by atoms with Crippen LogP contribution in [0, 0.1) is 0 Å².